The third-order valence-corrected chi connectivity index (χ3v) is 3.49. The van der Waals surface area contributed by atoms with E-state index < -0.39 is 5.97 Å². The van der Waals surface area contributed by atoms with Crippen molar-refractivity contribution in [3.8, 4) is 17.1 Å². The largest absolute Gasteiger partial charge is 0.507 e. The second kappa shape index (κ2) is 6.62. The average Bonchev–Trinajstić information content (AvgIpc) is 3.02. The molecule has 0 aliphatic heterocycles. The van der Waals surface area contributed by atoms with Crippen LogP contribution in [0.1, 0.15) is 16.2 Å². The van der Waals surface area contributed by atoms with Crippen LogP contribution in [0.2, 0.25) is 0 Å². The van der Waals surface area contributed by atoms with Gasteiger partial charge in [0.15, 0.2) is 6.61 Å². The molecule has 0 unspecified atom stereocenters. The smallest absolute Gasteiger partial charge is 0.342 e. The summed E-state index contributed by atoms with van der Waals surface area (Å²) in [5, 5.41) is 13.4. The zero-order chi connectivity index (χ0) is 16.2. The first-order valence-corrected chi connectivity index (χ1v) is 7.46. The number of phenolic OH excluding ortho intramolecular Hbond substituents is 1. The van der Waals surface area contributed by atoms with Gasteiger partial charge in [-0.1, -0.05) is 45.4 Å². The number of nitrogens with zero attached hydrogens (tertiary/aromatic N) is 2. The number of esters is 1. The van der Waals surface area contributed by atoms with Crippen molar-refractivity contribution in [3.63, 3.8) is 0 Å². The Labute approximate surface area is 139 Å². The van der Waals surface area contributed by atoms with Crippen molar-refractivity contribution >= 4 is 21.9 Å². The van der Waals surface area contributed by atoms with Gasteiger partial charge >= 0.3 is 5.97 Å². The van der Waals surface area contributed by atoms with Crippen molar-refractivity contribution in [1.29, 1.82) is 0 Å². The number of ether oxygens (including phenoxy) is 1. The molecular formula is C16H11BrN2O4. The van der Waals surface area contributed by atoms with Crippen LogP contribution >= 0.6 is 15.9 Å². The number of rotatable bonds is 4. The maximum absolute atomic E-state index is 11.9. The van der Waals surface area contributed by atoms with E-state index in [-0.39, 0.29) is 23.8 Å². The van der Waals surface area contributed by atoms with Crippen molar-refractivity contribution in [1.82, 2.24) is 10.1 Å². The van der Waals surface area contributed by atoms with Gasteiger partial charge in [-0.15, -0.1) is 0 Å². The molecule has 0 saturated carbocycles. The minimum absolute atomic E-state index is 0.0826. The molecule has 2 aromatic carbocycles. The number of phenols is 1. The molecule has 1 heterocycles. The first kappa shape index (κ1) is 15.2. The fourth-order valence-electron chi connectivity index (χ4n) is 1.91. The van der Waals surface area contributed by atoms with Gasteiger partial charge in [-0.3, -0.25) is 0 Å². The predicted molar refractivity (Wildman–Crippen MR) is 84.7 cm³/mol. The molecule has 3 rings (SSSR count). The van der Waals surface area contributed by atoms with Crippen molar-refractivity contribution in [3.05, 3.63) is 64.5 Å². The molecule has 0 spiro atoms. The second-order valence-corrected chi connectivity index (χ2v) is 5.53. The fraction of sp³-hybridized carbons (Fsp3) is 0.0625. The highest BCUT2D eigenvalue weighted by Gasteiger charge is 2.15. The molecule has 1 N–H and O–H groups in total. The molecule has 0 bridgehead atoms. The van der Waals surface area contributed by atoms with E-state index in [1.165, 1.54) is 12.1 Å². The van der Waals surface area contributed by atoms with Crippen LogP contribution in [0, 0.1) is 0 Å². The van der Waals surface area contributed by atoms with Crippen LogP contribution in [0.15, 0.2) is 57.5 Å². The number of halogens is 1. The third-order valence-electron chi connectivity index (χ3n) is 3.00. The van der Waals surface area contributed by atoms with Gasteiger partial charge in [0.1, 0.15) is 11.3 Å². The Hall–Kier alpha value is -2.67. The van der Waals surface area contributed by atoms with Gasteiger partial charge in [-0.25, -0.2) is 4.79 Å². The molecule has 0 aliphatic rings. The van der Waals surface area contributed by atoms with Gasteiger partial charge < -0.3 is 14.4 Å². The fourth-order valence-corrected chi connectivity index (χ4v) is 2.31. The molecule has 1 aromatic heterocycles. The van der Waals surface area contributed by atoms with Crippen LogP contribution in [0.3, 0.4) is 0 Å². The van der Waals surface area contributed by atoms with Gasteiger partial charge in [-0.05, 0) is 24.3 Å². The van der Waals surface area contributed by atoms with Crippen LogP contribution in [0.4, 0.5) is 0 Å². The Kier molecular flexibility index (Phi) is 4.38. The van der Waals surface area contributed by atoms with Crippen LogP contribution in [0.5, 0.6) is 5.75 Å². The van der Waals surface area contributed by atoms with Crippen LogP contribution in [-0.4, -0.2) is 21.2 Å². The van der Waals surface area contributed by atoms with Crippen LogP contribution in [-0.2, 0) is 11.3 Å². The lowest BCUT2D eigenvalue weighted by atomic mass is 10.2. The lowest BCUT2D eigenvalue weighted by Gasteiger charge is -2.03. The predicted octanol–water partition coefficient (Wildman–Crippen LogP) is 3.56. The monoisotopic (exact) mass is 374 g/mol. The zero-order valence-corrected chi connectivity index (χ0v) is 13.4. The molecule has 3 aromatic rings. The third kappa shape index (κ3) is 3.57. The van der Waals surface area contributed by atoms with E-state index in [0.717, 1.165) is 10.0 Å². The van der Waals surface area contributed by atoms with E-state index in [1.54, 1.807) is 12.1 Å². The summed E-state index contributed by atoms with van der Waals surface area (Å²) in [5.74, 6) is -0.230. The van der Waals surface area contributed by atoms with Crippen LogP contribution in [0.25, 0.3) is 11.4 Å². The first-order chi connectivity index (χ1) is 11.1. The minimum atomic E-state index is -0.662. The number of benzene rings is 2. The summed E-state index contributed by atoms with van der Waals surface area (Å²) in [6.07, 6.45) is 0. The Morgan fingerprint density at radius 3 is 2.83 bits per heavy atom. The van der Waals surface area contributed by atoms with E-state index in [2.05, 4.69) is 26.1 Å². The highest BCUT2D eigenvalue weighted by molar-refractivity contribution is 9.10. The van der Waals surface area contributed by atoms with Gasteiger partial charge in [0.25, 0.3) is 5.89 Å². The van der Waals surface area contributed by atoms with Crippen molar-refractivity contribution in [2.45, 2.75) is 6.61 Å². The molecule has 7 heteroatoms. The average molecular weight is 375 g/mol. The Morgan fingerprint density at radius 1 is 1.22 bits per heavy atom. The molecule has 0 fully saturated rings. The number of hydrogen-bond acceptors (Lipinski definition) is 6. The van der Waals surface area contributed by atoms with Gasteiger partial charge in [0.2, 0.25) is 5.82 Å². The van der Waals surface area contributed by atoms with Crippen molar-refractivity contribution < 1.29 is 19.2 Å². The summed E-state index contributed by atoms with van der Waals surface area (Å²) >= 11 is 3.37. The van der Waals surface area contributed by atoms with Crippen LogP contribution < -0.4 is 0 Å². The van der Waals surface area contributed by atoms with Gasteiger partial charge in [0.05, 0.1) is 0 Å². The standard InChI is InChI=1S/C16H11BrN2O4/c17-11-5-3-4-10(8-11)15-18-14(23-19-15)9-22-16(21)12-6-1-2-7-13(12)20/h1-8,20H,9H2. The summed E-state index contributed by atoms with van der Waals surface area (Å²) in [6.45, 7) is -0.172. The summed E-state index contributed by atoms with van der Waals surface area (Å²) in [5.41, 5.74) is 0.862. The van der Waals surface area contributed by atoms with Crippen molar-refractivity contribution in [2.24, 2.45) is 0 Å². The highest BCUT2D eigenvalue weighted by Crippen LogP contribution is 2.21. The van der Waals surface area contributed by atoms with E-state index in [4.69, 9.17) is 9.26 Å². The Balaban J connectivity index is 1.68. The molecule has 6 nitrogen and oxygen atoms in total. The quantitative estimate of drug-likeness (QED) is 0.702. The van der Waals surface area contributed by atoms with Gasteiger partial charge in [0, 0.05) is 10.0 Å². The maximum atomic E-state index is 11.9. The lowest BCUT2D eigenvalue weighted by Crippen LogP contribution is -2.05. The summed E-state index contributed by atoms with van der Waals surface area (Å²) in [6, 6.07) is 13.6. The zero-order valence-electron chi connectivity index (χ0n) is 11.8. The summed E-state index contributed by atoms with van der Waals surface area (Å²) in [7, 11) is 0. The SMILES string of the molecule is O=C(OCc1nc(-c2cccc(Br)c2)no1)c1ccccc1O. The molecule has 0 radical (unpaired) electrons. The highest BCUT2D eigenvalue weighted by atomic mass is 79.9. The maximum Gasteiger partial charge on any atom is 0.342 e. The summed E-state index contributed by atoms with van der Waals surface area (Å²) in [4.78, 5) is 16.1. The lowest BCUT2D eigenvalue weighted by molar-refractivity contribution is 0.0426. The molecule has 0 atom stereocenters. The Morgan fingerprint density at radius 2 is 2.04 bits per heavy atom. The molecule has 0 saturated heterocycles. The normalized spacial score (nSPS) is 10.5. The van der Waals surface area contributed by atoms with Crippen molar-refractivity contribution in [2.75, 3.05) is 0 Å². The number of aromatic hydroxyl groups is 1. The van der Waals surface area contributed by atoms with E-state index in [9.17, 15) is 9.90 Å². The number of hydrogen-bond donors (Lipinski definition) is 1. The number of carbonyl (C=O) groups is 1. The molecule has 23 heavy (non-hydrogen) atoms. The van der Waals surface area contributed by atoms with E-state index in [0.29, 0.717) is 5.82 Å². The molecule has 0 amide bonds. The Bertz CT molecular complexity index is 847. The number of carbonyl (C=O) groups excluding carboxylic acids is 1. The molecular weight excluding hydrogens is 364 g/mol. The first-order valence-electron chi connectivity index (χ1n) is 6.67. The number of para-hydroxylation sites is 1. The minimum Gasteiger partial charge on any atom is -0.507 e. The van der Waals surface area contributed by atoms with E-state index in [1.807, 2.05) is 24.3 Å². The second-order valence-electron chi connectivity index (χ2n) is 4.62. The molecule has 0 aliphatic carbocycles. The summed E-state index contributed by atoms with van der Waals surface area (Å²) < 4.78 is 11.0. The number of aromatic nitrogens is 2. The van der Waals surface area contributed by atoms with Gasteiger partial charge in [-0.2, -0.15) is 4.98 Å². The van der Waals surface area contributed by atoms with E-state index >= 15 is 0 Å². The molecule has 116 valence electrons. The topological polar surface area (TPSA) is 85.5 Å².